The highest BCUT2D eigenvalue weighted by atomic mass is 35.5. The number of hydrogen-bond donors (Lipinski definition) is 1. The molecule has 0 atom stereocenters. The van der Waals surface area contributed by atoms with Gasteiger partial charge in [0.1, 0.15) is 11.4 Å². The van der Waals surface area contributed by atoms with Gasteiger partial charge in [-0.25, -0.2) is 4.79 Å². The van der Waals surface area contributed by atoms with Crippen molar-refractivity contribution in [3.8, 4) is 11.5 Å². The normalized spacial score (nSPS) is 14.2. The predicted molar refractivity (Wildman–Crippen MR) is 125 cm³/mol. The Labute approximate surface area is 202 Å². The number of hydrogen-bond acceptors (Lipinski definition) is 7. The Morgan fingerprint density at radius 3 is 2.26 bits per heavy atom. The Morgan fingerprint density at radius 2 is 1.63 bits per heavy atom. The van der Waals surface area contributed by atoms with Crippen LogP contribution < -0.4 is 10.1 Å². The van der Waals surface area contributed by atoms with Gasteiger partial charge in [0.15, 0.2) is 0 Å². The van der Waals surface area contributed by atoms with Gasteiger partial charge in [0.05, 0.1) is 22.5 Å². The molecule has 176 valence electrons. The summed E-state index contributed by atoms with van der Waals surface area (Å²) in [5, 5.41) is 25.2. The molecule has 1 aliphatic heterocycles. The molecule has 0 unspecified atom stereocenters. The molecule has 3 aromatic carbocycles. The Balaban J connectivity index is 1.48. The van der Waals surface area contributed by atoms with Crippen LogP contribution in [0.3, 0.4) is 0 Å². The zero-order valence-corrected chi connectivity index (χ0v) is 18.5. The lowest BCUT2D eigenvalue weighted by Crippen LogP contribution is -2.30. The maximum atomic E-state index is 12.7. The van der Waals surface area contributed by atoms with E-state index in [0.29, 0.717) is 10.6 Å². The summed E-state index contributed by atoms with van der Waals surface area (Å²) in [7, 11) is 0. The molecule has 1 aliphatic rings. The number of rotatable bonds is 7. The average molecular weight is 495 g/mol. The fourth-order valence-corrected chi connectivity index (χ4v) is 3.39. The maximum absolute atomic E-state index is 12.7. The molecule has 1 N–H and O–H groups in total. The van der Waals surface area contributed by atoms with Gasteiger partial charge in [-0.15, -0.1) is 0 Å². The molecule has 0 saturated carbocycles. The first kappa shape index (κ1) is 23.4. The first-order valence-corrected chi connectivity index (χ1v) is 10.4. The van der Waals surface area contributed by atoms with E-state index in [4.69, 9.17) is 16.3 Å². The van der Waals surface area contributed by atoms with E-state index in [2.05, 4.69) is 5.32 Å². The molecular formula is C23H15ClN4O7. The van der Waals surface area contributed by atoms with Crippen LogP contribution in [0, 0.1) is 20.2 Å². The molecule has 35 heavy (non-hydrogen) atoms. The minimum Gasteiger partial charge on any atom is -0.450 e. The van der Waals surface area contributed by atoms with Crippen LogP contribution in [0.2, 0.25) is 5.02 Å². The fourth-order valence-electron chi connectivity index (χ4n) is 3.26. The second kappa shape index (κ2) is 9.61. The maximum Gasteiger partial charge on any atom is 0.329 e. The predicted octanol–water partition coefficient (Wildman–Crippen LogP) is 5.04. The Morgan fingerprint density at radius 1 is 0.943 bits per heavy atom. The van der Waals surface area contributed by atoms with E-state index >= 15 is 0 Å². The lowest BCUT2D eigenvalue weighted by atomic mass is 10.1. The van der Waals surface area contributed by atoms with Crippen molar-refractivity contribution in [2.75, 3.05) is 0 Å². The SMILES string of the molecule is O=C1N/C(=C\c2ccc(Oc3ccc([N+](=O)[O-])cc3[N+](=O)[O-])cc2)C(=O)N1Cc1ccc(Cl)cc1. The molecule has 11 nitrogen and oxygen atoms in total. The van der Waals surface area contributed by atoms with Crippen LogP contribution in [0.25, 0.3) is 6.08 Å². The van der Waals surface area contributed by atoms with Crippen LogP contribution in [-0.2, 0) is 11.3 Å². The smallest absolute Gasteiger partial charge is 0.329 e. The summed E-state index contributed by atoms with van der Waals surface area (Å²) >= 11 is 5.86. The van der Waals surface area contributed by atoms with E-state index in [1.54, 1.807) is 36.4 Å². The molecule has 1 fully saturated rings. The molecule has 0 spiro atoms. The number of imide groups is 1. The lowest BCUT2D eigenvalue weighted by Gasteiger charge is -2.11. The van der Waals surface area contributed by atoms with E-state index in [1.165, 1.54) is 18.2 Å². The largest absolute Gasteiger partial charge is 0.450 e. The molecule has 0 aliphatic carbocycles. The number of carbonyl (C=O) groups excluding carboxylic acids is 2. The summed E-state index contributed by atoms with van der Waals surface area (Å²) in [4.78, 5) is 46.7. The van der Waals surface area contributed by atoms with Gasteiger partial charge in [0, 0.05) is 11.1 Å². The molecule has 0 aromatic heterocycles. The van der Waals surface area contributed by atoms with Crippen LogP contribution in [0.5, 0.6) is 11.5 Å². The summed E-state index contributed by atoms with van der Waals surface area (Å²) in [5.74, 6) is -0.426. The van der Waals surface area contributed by atoms with Crippen molar-refractivity contribution in [1.29, 1.82) is 0 Å². The minimum atomic E-state index is -0.773. The molecule has 12 heteroatoms. The van der Waals surface area contributed by atoms with Crippen molar-refractivity contribution >= 4 is 41.0 Å². The monoisotopic (exact) mass is 494 g/mol. The van der Waals surface area contributed by atoms with Crippen molar-refractivity contribution in [3.63, 3.8) is 0 Å². The van der Waals surface area contributed by atoms with E-state index in [9.17, 15) is 29.8 Å². The summed E-state index contributed by atoms with van der Waals surface area (Å²) < 4.78 is 5.52. The van der Waals surface area contributed by atoms with Crippen LogP contribution >= 0.6 is 11.6 Å². The zero-order valence-electron chi connectivity index (χ0n) is 17.7. The fraction of sp³-hybridized carbons (Fsp3) is 0.0435. The molecular weight excluding hydrogens is 480 g/mol. The lowest BCUT2D eigenvalue weighted by molar-refractivity contribution is -0.394. The van der Waals surface area contributed by atoms with Gasteiger partial charge in [-0.3, -0.25) is 29.9 Å². The molecule has 1 saturated heterocycles. The van der Waals surface area contributed by atoms with Crippen molar-refractivity contribution in [3.05, 3.63) is 109 Å². The first-order valence-electron chi connectivity index (χ1n) is 10.0. The van der Waals surface area contributed by atoms with Gasteiger partial charge in [-0.05, 0) is 47.5 Å². The second-order valence-corrected chi connectivity index (χ2v) is 7.78. The quantitative estimate of drug-likeness (QED) is 0.209. The number of ether oxygens (including phenoxy) is 1. The number of non-ortho nitro benzene ring substituents is 1. The highest BCUT2D eigenvalue weighted by Crippen LogP contribution is 2.34. The Kier molecular flexibility index (Phi) is 6.42. The highest BCUT2D eigenvalue weighted by molar-refractivity contribution is 6.30. The molecule has 0 bridgehead atoms. The van der Waals surface area contributed by atoms with E-state index < -0.39 is 33.2 Å². The molecule has 0 radical (unpaired) electrons. The third kappa shape index (κ3) is 5.25. The van der Waals surface area contributed by atoms with Crippen LogP contribution in [-0.4, -0.2) is 26.7 Å². The standard InChI is InChI=1S/C23H15ClN4O7/c24-16-5-1-15(2-6-16)13-26-22(29)19(25-23(26)30)11-14-3-8-18(9-4-14)35-21-10-7-17(27(31)32)12-20(21)28(33)34/h1-12H,13H2,(H,25,30)/b19-11-. The number of benzene rings is 3. The summed E-state index contributed by atoms with van der Waals surface area (Å²) in [6.45, 7) is 0.0833. The zero-order chi connectivity index (χ0) is 25.1. The molecule has 4 rings (SSSR count). The summed E-state index contributed by atoms with van der Waals surface area (Å²) in [6.07, 6.45) is 1.49. The van der Waals surface area contributed by atoms with Gasteiger partial charge in [-0.1, -0.05) is 35.9 Å². The van der Waals surface area contributed by atoms with E-state index in [-0.39, 0.29) is 23.7 Å². The van der Waals surface area contributed by atoms with Crippen LogP contribution in [0.4, 0.5) is 16.2 Å². The summed E-state index contributed by atoms with van der Waals surface area (Å²) in [6, 6.07) is 15.5. The minimum absolute atomic E-state index is 0.0833. The van der Waals surface area contributed by atoms with Crippen LogP contribution in [0.1, 0.15) is 11.1 Å². The van der Waals surface area contributed by atoms with Gasteiger partial charge in [0.2, 0.25) is 5.75 Å². The highest BCUT2D eigenvalue weighted by Gasteiger charge is 2.33. The molecule has 3 amide bonds. The number of nitro groups is 2. The Hall–Kier alpha value is -4.77. The van der Waals surface area contributed by atoms with Crippen LogP contribution in [0.15, 0.2) is 72.4 Å². The van der Waals surface area contributed by atoms with Crippen molar-refractivity contribution in [2.45, 2.75) is 6.54 Å². The van der Waals surface area contributed by atoms with Gasteiger partial charge < -0.3 is 10.1 Å². The second-order valence-electron chi connectivity index (χ2n) is 7.34. The molecule has 1 heterocycles. The van der Waals surface area contributed by atoms with Gasteiger partial charge in [0.25, 0.3) is 11.6 Å². The number of nitro benzene ring substituents is 2. The number of nitrogens with zero attached hydrogens (tertiary/aromatic N) is 3. The van der Waals surface area contributed by atoms with E-state index in [0.717, 1.165) is 28.7 Å². The Bertz CT molecular complexity index is 1370. The third-order valence-electron chi connectivity index (χ3n) is 4.99. The van der Waals surface area contributed by atoms with Crippen molar-refractivity contribution in [1.82, 2.24) is 10.2 Å². The number of carbonyl (C=O) groups is 2. The number of amides is 3. The van der Waals surface area contributed by atoms with Gasteiger partial charge >= 0.3 is 11.7 Å². The third-order valence-corrected chi connectivity index (χ3v) is 5.24. The van der Waals surface area contributed by atoms with E-state index in [1.807, 2.05) is 0 Å². The molecule has 3 aromatic rings. The van der Waals surface area contributed by atoms with Gasteiger partial charge in [-0.2, -0.15) is 0 Å². The summed E-state index contributed by atoms with van der Waals surface area (Å²) in [5.41, 5.74) is 0.405. The number of halogens is 1. The first-order chi connectivity index (χ1) is 16.7. The van der Waals surface area contributed by atoms with Crippen molar-refractivity contribution < 1.29 is 24.2 Å². The number of nitrogens with one attached hydrogen (secondary N) is 1. The average Bonchev–Trinajstić information content (AvgIpc) is 3.09. The topological polar surface area (TPSA) is 145 Å². The van der Waals surface area contributed by atoms with Crippen molar-refractivity contribution in [2.24, 2.45) is 0 Å². The number of urea groups is 1.